The van der Waals surface area contributed by atoms with Crippen molar-refractivity contribution >= 4 is 5.97 Å². The monoisotopic (exact) mass is 240 g/mol. The lowest BCUT2D eigenvalue weighted by Gasteiger charge is -2.06. The summed E-state index contributed by atoms with van der Waals surface area (Å²) in [5.74, 6) is -0.0728. The highest BCUT2D eigenvalue weighted by Gasteiger charge is 2.03. The molecule has 2 heteroatoms. The van der Waals surface area contributed by atoms with E-state index in [1.807, 2.05) is 13.8 Å². The molecule has 17 heavy (non-hydrogen) atoms. The second kappa shape index (κ2) is 11.7. The van der Waals surface area contributed by atoms with E-state index in [1.165, 1.54) is 32.1 Å². The fourth-order valence-corrected chi connectivity index (χ4v) is 1.61. The first-order valence-electron chi connectivity index (χ1n) is 7.01. The van der Waals surface area contributed by atoms with Crippen LogP contribution in [0.5, 0.6) is 0 Å². The van der Waals surface area contributed by atoms with Crippen LogP contribution in [0.15, 0.2) is 12.2 Å². The Morgan fingerprint density at radius 2 is 1.71 bits per heavy atom. The van der Waals surface area contributed by atoms with Crippen molar-refractivity contribution in [3.63, 3.8) is 0 Å². The van der Waals surface area contributed by atoms with Crippen molar-refractivity contribution in [1.82, 2.24) is 0 Å². The largest absolute Gasteiger partial charge is 0.463 e. The Morgan fingerprint density at radius 1 is 1.06 bits per heavy atom. The molecule has 0 aliphatic rings. The Labute approximate surface area is 106 Å². The van der Waals surface area contributed by atoms with Crippen LogP contribution in [0.25, 0.3) is 0 Å². The summed E-state index contributed by atoms with van der Waals surface area (Å²) in [7, 11) is 0. The summed E-state index contributed by atoms with van der Waals surface area (Å²) in [6.45, 7) is 5.99. The Morgan fingerprint density at radius 3 is 2.29 bits per heavy atom. The lowest BCUT2D eigenvalue weighted by atomic mass is 10.1. The van der Waals surface area contributed by atoms with Gasteiger partial charge in [-0.3, -0.25) is 4.79 Å². The number of hydrogen-bond donors (Lipinski definition) is 0. The molecule has 0 aliphatic heterocycles. The maximum absolute atomic E-state index is 11.2. The minimum Gasteiger partial charge on any atom is -0.463 e. The number of rotatable bonds is 10. The smallest absolute Gasteiger partial charge is 0.306 e. The van der Waals surface area contributed by atoms with Gasteiger partial charge in [0, 0.05) is 6.42 Å². The molecule has 2 nitrogen and oxygen atoms in total. The SMILES string of the molecule is CCCCCC/C=C/CCCC(=O)OC(C)C. The van der Waals surface area contributed by atoms with E-state index in [4.69, 9.17) is 4.74 Å². The summed E-state index contributed by atoms with van der Waals surface area (Å²) < 4.78 is 5.06. The first-order chi connectivity index (χ1) is 8.16. The summed E-state index contributed by atoms with van der Waals surface area (Å²) in [6.07, 6.45) is 13.3. The van der Waals surface area contributed by atoms with Crippen LogP contribution in [0.3, 0.4) is 0 Å². The molecule has 0 saturated heterocycles. The lowest BCUT2D eigenvalue weighted by Crippen LogP contribution is -2.10. The third-order valence-corrected chi connectivity index (χ3v) is 2.51. The molecular weight excluding hydrogens is 212 g/mol. The summed E-state index contributed by atoms with van der Waals surface area (Å²) in [5, 5.41) is 0. The number of carbonyl (C=O) groups is 1. The standard InChI is InChI=1S/C15H28O2/c1-4-5-6-7-8-9-10-11-12-13-15(16)17-14(2)3/h9-10,14H,4-8,11-13H2,1-3H3/b10-9+. The number of allylic oxidation sites excluding steroid dienone is 2. The van der Waals surface area contributed by atoms with Gasteiger partial charge in [0.25, 0.3) is 0 Å². The second-order valence-electron chi connectivity index (χ2n) is 4.75. The Balaban J connectivity index is 3.27. The molecule has 100 valence electrons. The molecule has 0 bridgehead atoms. The Bertz CT molecular complexity index is 207. The molecule has 0 aromatic heterocycles. The van der Waals surface area contributed by atoms with Crippen LogP contribution in [-0.2, 0) is 9.53 Å². The van der Waals surface area contributed by atoms with Gasteiger partial charge >= 0.3 is 5.97 Å². The van der Waals surface area contributed by atoms with Crippen molar-refractivity contribution in [3.05, 3.63) is 12.2 Å². The third kappa shape index (κ3) is 13.1. The van der Waals surface area contributed by atoms with Crippen molar-refractivity contribution in [1.29, 1.82) is 0 Å². The topological polar surface area (TPSA) is 26.3 Å². The minimum absolute atomic E-state index is 0.0107. The zero-order valence-electron chi connectivity index (χ0n) is 11.7. The van der Waals surface area contributed by atoms with E-state index in [0.717, 1.165) is 12.8 Å². The summed E-state index contributed by atoms with van der Waals surface area (Å²) in [6, 6.07) is 0. The second-order valence-corrected chi connectivity index (χ2v) is 4.75. The van der Waals surface area contributed by atoms with Gasteiger partial charge in [0.05, 0.1) is 6.10 Å². The maximum atomic E-state index is 11.2. The van der Waals surface area contributed by atoms with Crippen molar-refractivity contribution in [2.75, 3.05) is 0 Å². The number of ether oxygens (including phenoxy) is 1. The van der Waals surface area contributed by atoms with Crippen LogP contribution in [-0.4, -0.2) is 12.1 Å². The molecule has 0 heterocycles. The van der Waals surface area contributed by atoms with E-state index in [9.17, 15) is 4.79 Å². The summed E-state index contributed by atoms with van der Waals surface area (Å²) >= 11 is 0. The lowest BCUT2D eigenvalue weighted by molar-refractivity contribution is -0.147. The van der Waals surface area contributed by atoms with Crippen LogP contribution >= 0.6 is 0 Å². The number of esters is 1. The van der Waals surface area contributed by atoms with Gasteiger partial charge in [-0.15, -0.1) is 0 Å². The first kappa shape index (κ1) is 16.2. The van der Waals surface area contributed by atoms with Crippen LogP contribution in [0.4, 0.5) is 0 Å². The molecule has 0 amide bonds. The fraction of sp³-hybridized carbons (Fsp3) is 0.800. The van der Waals surface area contributed by atoms with Crippen molar-refractivity contribution in [2.45, 2.75) is 78.2 Å². The molecule has 0 radical (unpaired) electrons. The quantitative estimate of drug-likeness (QED) is 0.316. The van der Waals surface area contributed by atoms with Gasteiger partial charge in [-0.1, -0.05) is 38.3 Å². The molecule has 0 rings (SSSR count). The van der Waals surface area contributed by atoms with Gasteiger partial charge in [-0.2, -0.15) is 0 Å². The molecule has 0 aliphatic carbocycles. The highest BCUT2D eigenvalue weighted by Crippen LogP contribution is 2.05. The van der Waals surface area contributed by atoms with Crippen molar-refractivity contribution < 1.29 is 9.53 Å². The van der Waals surface area contributed by atoms with Crippen LogP contribution < -0.4 is 0 Å². The third-order valence-electron chi connectivity index (χ3n) is 2.51. The van der Waals surface area contributed by atoms with E-state index in [0.29, 0.717) is 6.42 Å². The van der Waals surface area contributed by atoms with E-state index in [2.05, 4.69) is 19.1 Å². The molecular formula is C15H28O2. The average Bonchev–Trinajstić information content (AvgIpc) is 2.26. The van der Waals surface area contributed by atoms with E-state index in [-0.39, 0.29) is 12.1 Å². The number of hydrogen-bond acceptors (Lipinski definition) is 2. The highest BCUT2D eigenvalue weighted by molar-refractivity contribution is 5.69. The Kier molecular flexibility index (Phi) is 11.1. The number of unbranched alkanes of at least 4 members (excludes halogenated alkanes) is 5. The van der Waals surface area contributed by atoms with Gasteiger partial charge in [0.15, 0.2) is 0 Å². The maximum Gasteiger partial charge on any atom is 0.306 e. The van der Waals surface area contributed by atoms with E-state index < -0.39 is 0 Å². The van der Waals surface area contributed by atoms with Crippen LogP contribution in [0.1, 0.15) is 72.1 Å². The average molecular weight is 240 g/mol. The molecule has 0 saturated carbocycles. The molecule has 0 spiro atoms. The van der Waals surface area contributed by atoms with Gasteiger partial charge in [-0.05, 0) is 39.5 Å². The normalized spacial score (nSPS) is 11.3. The van der Waals surface area contributed by atoms with Crippen molar-refractivity contribution in [3.8, 4) is 0 Å². The van der Waals surface area contributed by atoms with Crippen LogP contribution in [0.2, 0.25) is 0 Å². The highest BCUT2D eigenvalue weighted by atomic mass is 16.5. The van der Waals surface area contributed by atoms with Gasteiger partial charge in [-0.25, -0.2) is 0 Å². The molecule has 0 aromatic carbocycles. The first-order valence-corrected chi connectivity index (χ1v) is 7.01. The van der Waals surface area contributed by atoms with Gasteiger partial charge in [0.1, 0.15) is 0 Å². The molecule has 0 atom stereocenters. The summed E-state index contributed by atoms with van der Waals surface area (Å²) in [5.41, 5.74) is 0. The molecule has 0 N–H and O–H groups in total. The number of carbonyl (C=O) groups excluding carboxylic acids is 1. The van der Waals surface area contributed by atoms with Gasteiger partial charge < -0.3 is 4.74 Å². The van der Waals surface area contributed by atoms with Crippen molar-refractivity contribution in [2.24, 2.45) is 0 Å². The van der Waals surface area contributed by atoms with E-state index >= 15 is 0 Å². The Hall–Kier alpha value is -0.790. The fourth-order valence-electron chi connectivity index (χ4n) is 1.61. The molecule has 0 unspecified atom stereocenters. The predicted octanol–water partition coefficient (Wildman–Crippen LogP) is 4.63. The zero-order chi connectivity index (χ0) is 12.9. The predicted molar refractivity (Wildman–Crippen MR) is 73.0 cm³/mol. The molecule has 0 aromatic rings. The van der Waals surface area contributed by atoms with Gasteiger partial charge in [0.2, 0.25) is 0 Å². The van der Waals surface area contributed by atoms with Crippen LogP contribution in [0, 0.1) is 0 Å². The zero-order valence-corrected chi connectivity index (χ0v) is 11.7. The van der Waals surface area contributed by atoms with E-state index in [1.54, 1.807) is 0 Å². The molecule has 0 fully saturated rings. The minimum atomic E-state index is -0.0728. The summed E-state index contributed by atoms with van der Waals surface area (Å²) in [4.78, 5) is 11.2.